The van der Waals surface area contributed by atoms with Crippen molar-refractivity contribution in [3.8, 4) is 11.3 Å². The van der Waals surface area contributed by atoms with Crippen molar-refractivity contribution in [1.29, 1.82) is 0 Å². The van der Waals surface area contributed by atoms with E-state index in [1.165, 1.54) is 23.1 Å². The first-order valence-electron chi connectivity index (χ1n) is 10.9. The lowest BCUT2D eigenvalue weighted by molar-refractivity contribution is -0.113. The van der Waals surface area contributed by atoms with E-state index in [1.807, 2.05) is 48.7 Å². The monoisotopic (exact) mass is 526 g/mol. The van der Waals surface area contributed by atoms with Gasteiger partial charge in [0.2, 0.25) is 5.91 Å². The molecule has 0 unspecified atom stereocenters. The van der Waals surface area contributed by atoms with E-state index in [1.54, 1.807) is 24.3 Å². The number of aromatic nitrogens is 4. The van der Waals surface area contributed by atoms with Crippen LogP contribution in [-0.4, -0.2) is 37.3 Å². The van der Waals surface area contributed by atoms with Crippen molar-refractivity contribution in [3.63, 3.8) is 0 Å². The molecule has 0 radical (unpaired) electrons. The molecule has 0 spiro atoms. The lowest BCUT2D eigenvalue weighted by Crippen LogP contribution is -2.25. The smallest absolute Gasteiger partial charge is 0.253 e. The lowest BCUT2D eigenvalue weighted by Gasteiger charge is -2.09. The molecule has 0 saturated heterocycles. The summed E-state index contributed by atoms with van der Waals surface area (Å²) in [5.41, 5.74) is 2.28. The van der Waals surface area contributed by atoms with E-state index in [0.717, 1.165) is 16.1 Å². The molecule has 0 aliphatic rings. The molecular weight excluding hydrogens is 504 g/mol. The zero-order valence-electron chi connectivity index (χ0n) is 19.1. The van der Waals surface area contributed by atoms with Gasteiger partial charge in [-0.3, -0.25) is 9.59 Å². The Balaban J connectivity index is 1.34. The second-order valence-electron chi connectivity index (χ2n) is 7.43. The Bertz CT molecular complexity index is 1340. The standard InChI is InChI=1S/C24H23ClN6O2S2/c1-3-31-19(13-26-22(33)17-11-7-8-12-18(17)25)29-30-24(31)34-14-20(32)27-23-28-21(15(2)35-23)16-9-5-4-6-10-16/h4-12H,3,13-14H2,1-2H3,(H,26,33)(H,27,28,32). The summed E-state index contributed by atoms with van der Waals surface area (Å²) in [6, 6.07) is 16.7. The molecule has 0 bridgehead atoms. The molecule has 0 fully saturated rings. The fourth-order valence-corrected chi connectivity index (χ4v) is 5.27. The Morgan fingerprint density at radius 3 is 2.57 bits per heavy atom. The van der Waals surface area contributed by atoms with Crippen molar-refractivity contribution in [2.75, 3.05) is 11.1 Å². The van der Waals surface area contributed by atoms with Crippen LogP contribution in [0.4, 0.5) is 5.13 Å². The van der Waals surface area contributed by atoms with Crippen molar-refractivity contribution in [3.05, 3.63) is 75.9 Å². The van der Waals surface area contributed by atoms with Crippen LogP contribution in [-0.2, 0) is 17.9 Å². The van der Waals surface area contributed by atoms with Crippen molar-refractivity contribution < 1.29 is 9.59 Å². The first-order valence-corrected chi connectivity index (χ1v) is 13.0. The number of anilines is 1. The van der Waals surface area contributed by atoms with Gasteiger partial charge >= 0.3 is 0 Å². The van der Waals surface area contributed by atoms with Gasteiger partial charge in [-0.15, -0.1) is 21.5 Å². The molecule has 2 aromatic carbocycles. The molecule has 180 valence electrons. The highest BCUT2D eigenvalue weighted by Crippen LogP contribution is 2.30. The van der Waals surface area contributed by atoms with Crippen molar-refractivity contribution in [2.45, 2.75) is 32.1 Å². The van der Waals surface area contributed by atoms with Crippen LogP contribution in [0.15, 0.2) is 59.8 Å². The predicted octanol–water partition coefficient (Wildman–Crippen LogP) is 5.04. The summed E-state index contributed by atoms with van der Waals surface area (Å²) < 4.78 is 1.87. The van der Waals surface area contributed by atoms with Crippen LogP contribution in [0.1, 0.15) is 28.0 Å². The fraction of sp³-hybridized carbons (Fsp3) is 0.208. The van der Waals surface area contributed by atoms with E-state index in [9.17, 15) is 9.59 Å². The molecule has 4 rings (SSSR count). The van der Waals surface area contributed by atoms with Gasteiger partial charge in [0.25, 0.3) is 5.91 Å². The molecular formula is C24H23ClN6O2S2. The molecule has 2 heterocycles. The number of carbonyl (C=O) groups excluding carboxylic acids is 2. The topological polar surface area (TPSA) is 102 Å². The molecule has 35 heavy (non-hydrogen) atoms. The molecule has 2 N–H and O–H groups in total. The molecule has 0 saturated carbocycles. The van der Waals surface area contributed by atoms with Gasteiger partial charge in [0.1, 0.15) is 0 Å². The number of hydrogen-bond acceptors (Lipinski definition) is 7. The van der Waals surface area contributed by atoms with Gasteiger partial charge in [0.15, 0.2) is 16.1 Å². The Hall–Kier alpha value is -3.21. The predicted molar refractivity (Wildman–Crippen MR) is 140 cm³/mol. The van der Waals surface area contributed by atoms with Crippen molar-refractivity contribution in [1.82, 2.24) is 25.1 Å². The van der Waals surface area contributed by atoms with E-state index < -0.39 is 0 Å². The van der Waals surface area contributed by atoms with Crippen LogP contribution in [0.25, 0.3) is 11.3 Å². The number of nitrogens with one attached hydrogen (secondary N) is 2. The number of amides is 2. The summed E-state index contributed by atoms with van der Waals surface area (Å²) >= 11 is 8.82. The first kappa shape index (κ1) is 24.9. The number of nitrogens with zero attached hydrogens (tertiary/aromatic N) is 4. The van der Waals surface area contributed by atoms with Gasteiger partial charge in [-0.2, -0.15) is 0 Å². The number of carbonyl (C=O) groups is 2. The summed E-state index contributed by atoms with van der Waals surface area (Å²) in [6.07, 6.45) is 0. The number of thiazole rings is 1. The summed E-state index contributed by atoms with van der Waals surface area (Å²) in [7, 11) is 0. The highest BCUT2D eigenvalue weighted by Gasteiger charge is 2.17. The van der Waals surface area contributed by atoms with E-state index in [-0.39, 0.29) is 24.1 Å². The minimum Gasteiger partial charge on any atom is -0.345 e. The van der Waals surface area contributed by atoms with E-state index >= 15 is 0 Å². The number of thioether (sulfide) groups is 1. The average Bonchev–Trinajstić information content (AvgIpc) is 3.44. The van der Waals surface area contributed by atoms with Crippen LogP contribution in [0.3, 0.4) is 0 Å². The molecule has 2 amide bonds. The second-order valence-corrected chi connectivity index (χ2v) is 9.99. The van der Waals surface area contributed by atoms with Gasteiger partial charge in [-0.25, -0.2) is 4.98 Å². The van der Waals surface area contributed by atoms with Crippen LogP contribution < -0.4 is 10.6 Å². The van der Waals surface area contributed by atoms with Gasteiger partial charge < -0.3 is 15.2 Å². The molecule has 0 aliphatic carbocycles. The van der Waals surface area contributed by atoms with Gasteiger partial charge in [0, 0.05) is 17.0 Å². The Morgan fingerprint density at radius 1 is 1.09 bits per heavy atom. The summed E-state index contributed by atoms with van der Waals surface area (Å²) in [4.78, 5) is 30.6. The zero-order valence-corrected chi connectivity index (χ0v) is 21.5. The number of aryl methyl sites for hydroxylation is 1. The van der Waals surface area contributed by atoms with E-state index in [2.05, 4.69) is 25.8 Å². The largest absolute Gasteiger partial charge is 0.345 e. The van der Waals surface area contributed by atoms with Crippen molar-refractivity contribution >= 4 is 51.6 Å². The molecule has 4 aromatic rings. The van der Waals surface area contributed by atoms with Crippen molar-refractivity contribution in [2.24, 2.45) is 0 Å². The molecule has 0 aliphatic heterocycles. The molecule has 2 aromatic heterocycles. The molecule has 11 heteroatoms. The quantitative estimate of drug-likeness (QED) is 0.296. The average molecular weight is 527 g/mol. The number of halogens is 1. The van der Waals surface area contributed by atoms with E-state index in [4.69, 9.17) is 11.6 Å². The second kappa shape index (κ2) is 11.5. The van der Waals surface area contributed by atoms with Gasteiger partial charge in [-0.1, -0.05) is 65.8 Å². The number of hydrogen-bond donors (Lipinski definition) is 2. The number of benzene rings is 2. The molecule has 0 atom stereocenters. The lowest BCUT2D eigenvalue weighted by atomic mass is 10.1. The van der Waals surface area contributed by atoms with Crippen LogP contribution in [0.2, 0.25) is 5.02 Å². The Morgan fingerprint density at radius 2 is 1.83 bits per heavy atom. The third-order valence-electron chi connectivity index (χ3n) is 5.06. The summed E-state index contributed by atoms with van der Waals surface area (Å²) in [5, 5.41) is 15.6. The van der Waals surface area contributed by atoms with Crippen LogP contribution in [0.5, 0.6) is 0 Å². The fourth-order valence-electron chi connectivity index (χ4n) is 3.37. The zero-order chi connectivity index (χ0) is 24.8. The maximum Gasteiger partial charge on any atom is 0.253 e. The SMILES string of the molecule is CCn1c(CNC(=O)c2ccccc2Cl)nnc1SCC(=O)Nc1nc(-c2ccccc2)c(C)s1. The Kier molecular flexibility index (Phi) is 8.17. The highest BCUT2D eigenvalue weighted by atomic mass is 35.5. The van der Waals surface area contributed by atoms with Gasteiger partial charge in [0.05, 0.1) is 28.6 Å². The van der Waals surface area contributed by atoms with Gasteiger partial charge in [-0.05, 0) is 26.0 Å². The normalized spacial score (nSPS) is 10.8. The summed E-state index contributed by atoms with van der Waals surface area (Å²) in [5.74, 6) is 0.286. The van der Waals surface area contributed by atoms with E-state index in [0.29, 0.717) is 33.2 Å². The minimum absolute atomic E-state index is 0.156. The summed E-state index contributed by atoms with van der Waals surface area (Å²) in [6.45, 7) is 4.73. The Labute approximate surface area is 216 Å². The third-order valence-corrected chi connectivity index (χ3v) is 7.24. The van der Waals surface area contributed by atoms with Crippen LogP contribution in [0, 0.1) is 6.92 Å². The van der Waals surface area contributed by atoms with Crippen LogP contribution >= 0.6 is 34.7 Å². The number of rotatable bonds is 9. The highest BCUT2D eigenvalue weighted by molar-refractivity contribution is 7.99. The first-order chi connectivity index (χ1) is 17.0. The minimum atomic E-state index is -0.288. The third kappa shape index (κ3) is 6.08. The maximum absolute atomic E-state index is 12.6. The molecule has 8 nitrogen and oxygen atoms in total. The maximum atomic E-state index is 12.6.